The zero-order valence-electron chi connectivity index (χ0n) is 15.9. The number of amides is 1. The minimum Gasteiger partial charge on any atom is -0.481 e. The van der Waals surface area contributed by atoms with Gasteiger partial charge in [-0.1, -0.05) is 5.16 Å². The summed E-state index contributed by atoms with van der Waals surface area (Å²) in [6.45, 7) is 4.01. The Balaban J connectivity index is 1.30. The number of nitrogens with zero attached hydrogens (tertiary/aromatic N) is 4. The first kappa shape index (κ1) is 17.4. The van der Waals surface area contributed by atoms with E-state index < -0.39 is 0 Å². The minimum atomic E-state index is -0.229. The lowest BCUT2D eigenvalue weighted by molar-refractivity contribution is 0.0141. The van der Waals surface area contributed by atoms with Crippen LogP contribution in [0.15, 0.2) is 23.0 Å². The van der Waals surface area contributed by atoms with Crippen molar-refractivity contribution >= 4 is 11.7 Å². The van der Waals surface area contributed by atoms with E-state index in [0.29, 0.717) is 24.0 Å². The van der Waals surface area contributed by atoms with Crippen LogP contribution >= 0.6 is 0 Å². The number of methoxy groups -OCH3 is 1. The predicted octanol–water partition coefficient (Wildman–Crippen LogP) is 1.20. The van der Waals surface area contributed by atoms with Crippen molar-refractivity contribution in [3.63, 3.8) is 0 Å². The maximum absolute atomic E-state index is 12.3. The van der Waals surface area contributed by atoms with Crippen molar-refractivity contribution in [2.75, 3.05) is 31.6 Å². The molecule has 5 heterocycles. The molecule has 2 aromatic heterocycles. The Morgan fingerprint density at radius 3 is 3.11 bits per heavy atom. The number of rotatable bonds is 5. The largest absolute Gasteiger partial charge is 0.481 e. The molecule has 3 fully saturated rings. The van der Waals surface area contributed by atoms with Crippen LogP contribution in [0.1, 0.15) is 29.1 Å². The number of anilines is 1. The number of carbonyl (C=O) groups excluding carboxylic acids is 1. The van der Waals surface area contributed by atoms with Gasteiger partial charge in [0.1, 0.15) is 12.1 Å². The third-order valence-electron chi connectivity index (χ3n) is 6.29. The summed E-state index contributed by atoms with van der Waals surface area (Å²) in [7, 11) is 1.60. The number of nitrogens with one attached hydrogen (secondary N) is 1. The zero-order chi connectivity index (χ0) is 19.3. The van der Waals surface area contributed by atoms with Crippen LogP contribution < -0.4 is 15.0 Å². The third kappa shape index (κ3) is 2.72. The van der Waals surface area contributed by atoms with Gasteiger partial charge < -0.3 is 24.2 Å². The van der Waals surface area contributed by atoms with Crippen molar-refractivity contribution in [2.24, 2.45) is 11.8 Å². The van der Waals surface area contributed by atoms with E-state index in [1.165, 1.54) is 6.33 Å². The van der Waals surface area contributed by atoms with E-state index in [2.05, 4.69) is 25.3 Å². The highest BCUT2D eigenvalue weighted by molar-refractivity contribution is 5.91. The summed E-state index contributed by atoms with van der Waals surface area (Å²) < 4.78 is 16.7. The second-order valence-electron chi connectivity index (χ2n) is 7.87. The highest BCUT2D eigenvalue weighted by Gasteiger charge is 2.63. The molecule has 3 aliphatic rings. The van der Waals surface area contributed by atoms with Gasteiger partial charge in [-0.25, -0.2) is 9.97 Å². The average molecular weight is 385 g/mol. The maximum Gasteiger partial charge on any atom is 0.289 e. The first-order valence-electron chi connectivity index (χ1n) is 9.58. The van der Waals surface area contributed by atoms with Gasteiger partial charge in [0.05, 0.1) is 24.5 Å². The summed E-state index contributed by atoms with van der Waals surface area (Å²) in [5.41, 5.74) is 0.542. The quantitative estimate of drug-likeness (QED) is 0.819. The molecule has 0 unspecified atom stereocenters. The Morgan fingerprint density at radius 1 is 1.43 bits per heavy atom. The summed E-state index contributed by atoms with van der Waals surface area (Å²) >= 11 is 0. The molecule has 0 aromatic carbocycles. The number of hydrogen-bond donors (Lipinski definition) is 1. The molecule has 3 saturated heterocycles. The van der Waals surface area contributed by atoms with Gasteiger partial charge in [-0.3, -0.25) is 4.79 Å². The molecule has 2 bridgehead atoms. The molecule has 28 heavy (non-hydrogen) atoms. The SMILES string of the molecule is COc1cc(N2C[C@@H]3[C@H](CNC(=O)c4cc(C)no4)[C@H]4CC[C@]3(C2)O4)ncn1. The fraction of sp³-hybridized carbons (Fsp3) is 0.579. The number of aryl methyl sites for hydroxylation is 1. The summed E-state index contributed by atoms with van der Waals surface area (Å²) in [6, 6.07) is 3.50. The van der Waals surface area contributed by atoms with Crippen molar-refractivity contribution in [1.29, 1.82) is 0 Å². The van der Waals surface area contributed by atoms with Crippen molar-refractivity contribution in [1.82, 2.24) is 20.4 Å². The number of carbonyl (C=O) groups is 1. The number of hydrogen-bond acceptors (Lipinski definition) is 8. The third-order valence-corrected chi connectivity index (χ3v) is 6.29. The lowest BCUT2D eigenvalue weighted by atomic mass is 9.73. The molecule has 2 aromatic rings. The van der Waals surface area contributed by atoms with E-state index >= 15 is 0 Å². The van der Waals surface area contributed by atoms with Crippen LogP contribution in [-0.2, 0) is 4.74 Å². The Kier molecular flexibility index (Phi) is 4.01. The van der Waals surface area contributed by atoms with E-state index in [1.54, 1.807) is 20.1 Å². The Labute approximate surface area is 162 Å². The van der Waals surface area contributed by atoms with Crippen LogP contribution in [0, 0.1) is 18.8 Å². The van der Waals surface area contributed by atoms with E-state index in [4.69, 9.17) is 14.0 Å². The van der Waals surface area contributed by atoms with Crippen LogP contribution in [0.5, 0.6) is 5.88 Å². The fourth-order valence-electron chi connectivity index (χ4n) is 5.02. The molecular formula is C19H23N5O4. The molecule has 148 valence electrons. The molecule has 0 radical (unpaired) electrons. The number of ether oxygens (including phenoxy) is 2. The normalized spacial score (nSPS) is 30.5. The smallest absolute Gasteiger partial charge is 0.289 e. The molecule has 9 nitrogen and oxygen atoms in total. The van der Waals surface area contributed by atoms with Crippen molar-refractivity contribution in [3.8, 4) is 5.88 Å². The van der Waals surface area contributed by atoms with E-state index in [1.807, 2.05) is 6.07 Å². The molecule has 1 spiro atoms. The molecule has 1 amide bonds. The van der Waals surface area contributed by atoms with Gasteiger partial charge in [-0.15, -0.1) is 0 Å². The van der Waals surface area contributed by atoms with Gasteiger partial charge in [0.25, 0.3) is 5.91 Å². The van der Waals surface area contributed by atoms with E-state index in [-0.39, 0.29) is 29.3 Å². The molecule has 0 saturated carbocycles. The second-order valence-corrected chi connectivity index (χ2v) is 7.87. The highest BCUT2D eigenvalue weighted by atomic mass is 16.5. The first-order chi connectivity index (χ1) is 13.6. The fourth-order valence-corrected chi connectivity index (χ4v) is 5.02. The van der Waals surface area contributed by atoms with E-state index in [0.717, 1.165) is 31.7 Å². The Hall–Kier alpha value is -2.68. The van der Waals surface area contributed by atoms with Crippen LogP contribution in [0.3, 0.4) is 0 Å². The van der Waals surface area contributed by atoms with Crippen molar-refractivity contribution in [3.05, 3.63) is 29.9 Å². The Bertz CT molecular complexity index is 902. The van der Waals surface area contributed by atoms with E-state index in [9.17, 15) is 4.79 Å². The van der Waals surface area contributed by atoms with Gasteiger partial charge in [-0.05, 0) is 19.8 Å². The monoisotopic (exact) mass is 385 g/mol. The van der Waals surface area contributed by atoms with Gasteiger partial charge in [0.15, 0.2) is 0 Å². The van der Waals surface area contributed by atoms with Gasteiger partial charge in [0, 0.05) is 43.6 Å². The molecule has 9 heteroatoms. The first-order valence-corrected chi connectivity index (χ1v) is 9.58. The number of aromatic nitrogens is 3. The summed E-state index contributed by atoms with van der Waals surface area (Å²) in [5.74, 6) is 2.04. The maximum atomic E-state index is 12.3. The summed E-state index contributed by atoms with van der Waals surface area (Å²) in [4.78, 5) is 23.1. The standard InChI is InChI=1S/C19H23N5O4/c1-11-5-15(28-23-11)18(25)20-7-12-13-8-24(9-19(13)4-3-14(12)27-19)16-6-17(26-2)22-10-21-16/h5-6,10,12-14H,3-4,7-9H2,1-2H3,(H,20,25)/t12-,13+,14+,19+/m0/s1. The van der Waals surface area contributed by atoms with Crippen LogP contribution in [0.4, 0.5) is 5.82 Å². The van der Waals surface area contributed by atoms with Gasteiger partial charge >= 0.3 is 0 Å². The van der Waals surface area contributed by atoms with Gasteiger partial charge in [-0.2, -0.15) is 0 Å². The van der Waals surface area contributed by atoms with Crippen LogP contribution in [0.2, 0.25) is 0 Å². The van der Waals surface area contributed by atoms with Crippen molar-refractivity contribution < 1.29 is 18.8 Å². The molecule has 1 N–H and O–H groups in total. The molecule has 5 rings (SSSR count). The number of fused-ring (bicyclic) bond motifs is 1. The molecule has 4 atom stereocenters. The lowest BCUT2D eigenvalue weighted by Crippen LogP contribution is -2.41. The Morgan fingerprint density at radius 2 is 2.32 bits per heavy atom. The summed E-state index contributed by atoms with van der Waals surface area (Å²) in [6.07, 6.45) is 3.80. The lowest BCUT2D eigenvalue weighted by Gasteiger charge is -2.29. The topological polar surface area (TPSA) is 103 Å². The minimum absolute atomic E-state index is 0.152. The average Bonchev–Trinajstić information content (AvgIpc) is 3.46. The zero-order valence-corrected chi connectivity index (χ0v) is 15.9. The molecule has 3 aliphatic heterocycles. The van der Waals surface area contributed by atoms with Gasteiger partial charge in [0.2, 0.25) is 11.6 Å². The predicted molar refractivity (Wildman–Crippen MR) is 98.2 cm³/mol. The van der Waals surface area contributed by atoms with Crippen LogP contribution in [-0.4, -0.2) is 59.5 Å². The molecular weight excluding hydrogens is 362 g/mol. The second kappa shape index (κ2) is 6.44. The summed E-state index contributed by atoms with van der Waals surface area (Å²) in [5, 5.41) is 6.78. The van der Waals surface area contributed by atoms with Crippen molar-refractivity contribution in [2.45, 2.75) is 31.5 Å². The van der Waals surface area contributed by atoms with Crippen LogP contribution in [0.25, 0.3) is 0 Å². The highest BCUT2D eigenvalue weighted by Crippen LogP contribution is 2.55. The molecule has 0 aliphatic carbocycles.